The predicted molar refractivity (Wildman–Crippen MR) is 56.6 cm³/mol. The summed E-state index contributed by atoms with van der Waals surface area (Å²) in [6.07, 6.45) is -1.66. The summed E-state index contributed by atoms with van der Waals surface area (Å²) in [4.78, 5) is 18.8. The van der Waals surface area contributed by atoms with Crippen LogP contribution in [0.3, 0.4) is 0 Å². The van der Waals surface area contributed by atoms with E-state index in [1.807, 2.05) is 0 Å². The smallest absolute Gasteiger partial charge is 0.383 e. The van der Waals surface area contributed by atoms with Crippen LogP contribution in [-0.2, 0) is 0 Å². The Labute approximate surface area is 99.0 Å². The zero-order valence-corrected chi connectivity index (χ0v) is 9.52. The molecule has 0 spiro atoms. The zero-order valence-electron chi connectivity index (χ0n) is 8.71. The number of carbonyl (C=O) groups is 1. The Morgan fingerprint density at radius 1 is 1.59 bits per heavy atom. The monoisotopic (exact) mass is 266 g/mol. The van der Waals surface area contributed by atoms with Gasteiger partial charge in [0.1, 0.15) is 12.4 Å². The second-order valence-electron chi connectivity index (χ2n) is 2.95. The maximum atomic E-state index is 11.9. The first kappa shape index (κ1) is 13.6. The van der Waals surface area contributed by atoms with Crippen LogP contribution in [0.4, 0.5) is 19.0 Å². The summed E-state index contributed by atoms with van der Waals surface area (Å²) in [6, 6.07) is 0. The van der Waals surface area contributed by atoms with Crippen LogP contribution >= 0.6 is 11.8 Å². The van der Waals surface area contributed by atoms with E-state index < -0.39 is 18.6 Å². The molecule has 3 N–H and O–H groups in total. The van der Waals surface area contributed by atoms with Crippen LogP contribution in [0.2, 0.25) is 0 Å². The highest BCUT2D eigenvalue weighted by molar-refractivity contribution is 7.98. The highest BCUT2D eigenvalue weighted by Gasteiger charge is 2.28. The molecule has 0 aliphatic heterocycles. The summed E-state index contributed by atoms with van der Waals surface area (Å²) in [6.45, 7) is -1.42. The van der Waals surface area contributed by atoms with E-state index in [1.54, 1.807) is 11.6 Å². The van der Waals surface area contributed by atoms with E-state index in [2.05, 4.69) is 9.97 Å². The van der Waals surface area contributed by atoms with Crippen molar-refractivity contribution in [3.63, 3.8) is 0 Å². The molecule has 0 saturated heterocycles. The summed E-state index contributed by atoms with van der Waals surface area (Å²) in [5.74, 6) is -1.10. The number of halogens is 3. The van der Waals surface area contributed by atoms with Gasteiger partial charge in [-0.1, -0.05) is 11.8 Å². The van der Waals surface area contributed by atoms with Crippen molar-refractivity contribution >= 4 is 23.5 Å². The molecule has 0 aliphatic rings. The summed E-state index contributed by atoms with van der Waals surface area (Å²) in [5.41, 5.74) is 5.26. The van der Waals surface area contributed by atoms with Crippen LogP contribution in [0.1, 0.15) is 10.4 Å². The van der Waals surface area contributed by atoms with Gasteiger partial charge in [0.2, 0.25) is 0 Å². The SMILES string of the molecule is CSc1ncc(C(=O)NCC(F)(F)F)c(N)n1. The van der Waals surface area contributed by atoms with Crippen LogP contribution in [-0.4, -0.2) is 34.9 Å². The van der Waals surface area contributed by atoms with Gasteiger partial charge in [0.15, 0.2) is 5.16 Å². The van der Waals surface area contributed by atoms with Crippen LogP contribution in [0.15, 0.2) is 11.4 Å². The quantitative estimate of drug-likeness (QED) is 0.632. The van der Waals surface area contributed by atoms with Gasteiger partial charge in [-0.3, -0.25) is 4.79 Å². The van der Waals surface area contributed by atoms with Crippen LogP contribution in [0.25, 0.3) is 0 Å². The van der Waals surface area contributed by atoms with E-state index in [-0.39, 0.29) is 11.4 Å². The Balaban J connectivity index is 2.76. The minimum Gasteiger partial charge on any atom is -0.383 e. The number of alkyl halides is 3. The van der Waals surface area contributed by atoms with Gasteiger partial charge >= 0.3 is 6.18 Å². The lowest BCUT2D eigenvalue weighted by molar-refractivity contribution is -0.123. The molecule has 1 aromatic heterocycles. The van der Waals surface area contributed by atoms with Crippen molar-refractivity contribution < 1.29 is 18.0 Å². The molecular formula is C8H9F3N4OS. The Morgan fingerprint density at radius 2 is 2.24 bits per heavy atom. The fraction of sp³-hybridized carbons (Fsp3) is 0.375. The number of hydrogen-bond acceptors (Lipinski definition) is 5. The number of nitrogens with one attached hydrogen (secondary N) is 1. The lowest BCUT2D eigenvalue weighted by Gasteiger charge is -2.09. The number of nitrogens with two attached hydrogens (primary N) is 1. The number of amides is 1. The van der Waals surface area contributed by atoms with Crippen molar-refractivity contribution in [2.24, 2.45) is 0 Å². The minimum absolute atomic E-state index is 0.149. The summed E-state index contributed by atoms with van der Waals surface area (Å²) in [5, 5.41) is 2.03. The van der Waals surface area contributed by atoms with Gasteiger partial charge in [0.25, 0.3) is 5.91 Å². The van der Waals surface area contributed by atoms with Crippen molar-refractivity contribution in [3.8, 4) is 0 Å². The van der Waals surface area contributed by atoms with Crippen molar-refractivity contribution in [1.82, 2.24) is 15.3 Å². The van der Waals surface area contributed by atoms with Gasteiger partial charge in [-0.05, 0) is 6.26 Å². The standard InChI is InChI=1S/C8H9F3N4OS/c1-17-7-13-2-4(5(12)15-7)6(16)14-3-8(9,10)11/h2H,3H2,1H3,(H,14,16)(H2,12,13,15). The van der Waals surface area contributed by atoms with Gasteiger partial charge in [-0.2, -0.15) is 13.2 Å². The maximum Gasteiger partial charge on any atom is 0.405 e. The van der Waals surface area contributed by atoms with Gasteiger partial charge < -0.3 is 11.1 Å². The number of aromatic nitrogens is 2. The highest BCUT2D eigenvalue weighted by atomic mass is 32.2. The van der Waals surface area contributed by atoms with Crippen LogP contribution in [0.5, 0.6) is 0 Å². The van der Waals surface area contributed by atoms with E-state index in [1.165, 1.54) is 11.8 Å². The Bertz CT molecular complexity index is 424. The number of nitrogens with zero attached hydrogens (tertiary/aromatic N) is 2. The first-order valence-corrected chi connectivity index (χ1v) is 5.57. The fourth-order valence-electron chi connectivity index (χ4n) is 0.927. The number of nitrogen functional groups attached to an aromatic ring is 1. The molecule has 1 aromatic rings. The Hall–Kier alpha value is -1.51. The second-order valence-corrected chi connectivity index (χ2v) is 3.73. The second kappa shape index (κ2) is 5.21. The molecule has 1 rings (SSSR count). The molecule has 5 nitrogen and oxygen atoms in total. The fourth-order valence-corrected chi connectivity index (χ4v) is 1.27. The van der Waals surface area contributed by atoms with E-state index in [0.717, 1.165) is 6.20 Å². The average molecular weight is 266 g/mol. The number of anilines is 1. The van der Waals surface area contributed by atoms with Crippen molar-refractivity contribution in [1.29, 1.82) is 0 Å². The molecule has 17 heavy (non-hydrogen) atoms. The molecule has 0 radical (unpaired) electrons. The highest BCUT2D eigenvalue weighted by Crippen LogP contribution is 2.15. The number of hydrogen-bond donors (Lipinski definition) is 2. The molecule has 0 saturated carbocycles. The first-order chi connectivity index (χ1) is 7.83. The number of thioether (sulfide) groups is 1. The van der Waals surface area contributed by atoms with Crippen molar-refractivity contribution in [2.45, 2.75) is 11.3 Å². The van der Waals surface area contributed by atoms with Gasteiger partial charge in [-0.25, -0.2) is 9.97 Å². The maximum absolute atomic E-state index is 11.9. The molecule has 0 fully saturated rings. The molecule has 1 amide bonds. The molecular weight excluding hydrogens is 257 g/mol. The molecule has 0 unspecified atom stereocenters. The molecule has 9 heteroatoms. The van der Waals surface area contributed by atoms with E-state index >= 15 is 0 Å². The molecule has 0 atom stereocenters. The normalized spacial score (nSPS) is 11.3. The molecule has 0 bridgehead atoms. The Morgan fingerprint density at radius 3 is 2.71 bits per heavy atom. The van der Waals surface area contributed by atoms with Crippen molar-refractivity contribution in [3.05, 3.63) is 11.8 Å². The van der Waals surface area contributed by atoms with E-state index in [4.69, 9.17) is 5.73 Å². The third kappa shape index (κ3) is 4.10. The molecule has 94 valence electrons. The number of carbonyl (C=O) groups excluding carboxylic acids is 1. The average Bonchev–Trinajstić information content (AvgIpc) is 2.24. The molecule has 0 aromatic carbocycles. The number of rotatable bonds is 3. The van der Waals surface area contributed by atoms with Gasteiger partial charge in [-0.15, -0.1) is 0 Å². The van der Waals surface area contributed by atoms with E-state index in [0.29, 0.717) is 5.16 Å². The molecule has 1 heterocycles. The summed E-state index contributed by atoms with van der Waals surface area (Å²) in [7, 11) is 0. The molecule has 0 aliphatic carbocycles. The zero-order chi connectivity index (χ0) is 13.1. The van der Waals surface area contributed by atoms with Gasteiger partial charge in [0.05, 0.1) is 5.56 Å². The third-order valence-electron chi connectivity index (χ3n) is 1.67. The summed E-state index contributed by atoms with van der Waals surface area (Å²) >= 11 is 1.21. The van der Waals surface area contributed by atoms with Crippen molar-refractivity contribution in [2.75, 3.05) is 18.5 Å². The van der Waals surface area contributed by atoms with Crippen LogP contribution in [0, 0.1) is 0 Å². The topological polar surface area (TPSA) is 80.9 Å². The third-order valence-corrected chi connectivity index (χ3v) is 2.23. The predicted octanol–water partition coefficient (Wildman–Crippen LogP) is 1.07. The van der Waals surface area contributed by atoms with E-state index in [9.17, 15) is 18.0 Å². The minimum atomic E-state index is -4.47. The van der Waals surface area contributed by atoms with Gasteiger partial charge in [0, 0.05) is 6.20 Å². The first-order valence-electron chi connectivity index (χ1n) is 4.35. The lowest BCUT2D eigenvalue weighted by atomic mass is 10.3. The summed E-state index contributed by atoms with van der Waals surface area (Å²) < 4.78 is 35.6. The lowest BCUT2D eigenvalue weighted by Crippen LogP contribution is -2.34. The Kier molecular flexibility index (Phi) is 4.16. The largest absolute Gasteiger partial charge is 0.405 e. The van der Waals surface area contributed by atoms with Crippen LogP contribution < -0.4 is 11.1 Å².